The van der Waals surface area contributed by atoms with E-state index < -0.39 is 5.97 Å². The third-order valence-electron chi connectivity index (χ3n) is 5.19. The minimum absolute atomic E-state index is 0.227. The lowest BCUT2D eigenvalue weighted by atomic mass is 10.1. The number of aromatic nitrogens is 2. The van der Waals surface area contributed by atoms with Gasteiger partial charge in [0, 0.05) is 40.7 Å². The van der Waals surface area contributed by atoms with Crippen LogP contribution in [-0.2, 0) is 0 Å². The van der Waals surface area contributed by atoms with Gasteiger partial charge in [-0.25, -0.2) is 4.79 Å². The smallest absolute Gasteiger partial charge is 0.343 e. The number of halogens is 1. The van der Waals surface area contributed by atoms with E-state index in [2.05, 4.69) is 9.97 Å². The molecule has 0 spiro atoms. The van der Waals surface area contributed by atoms with E-state index in [0.717, 1.165) is 22.5 Å². The maximum absolute atomic E-state index is 12.7. The highest BCUT2D eigenvalue weighted by atomic mass is 35.5. The number of hydrogen-bond donors (Lipinski definition) is 0. The molecule has 6 nitrogen and oxygen atoms in total. The first-order chi connectivity index (χ1) is 17.6. The van der Waals surface area contributed by atoms with Crippen LogP contribution in [0.5, 0.6) is 17.2 Å². The molecule has 0 bridgehead atoms. The molecular formula is C29H19ClN2O4. The third kappa shape index (κ3) is 5.68. The van der Waals surface area contributed by atoms with E-state index in [4.69, 9.17) is 26.1 Å². The van der Waals surface area contributed by atoms with Gasteiger partial charge in [-0.15, -0.1) is 0 Å². The molecule has 0 atom stereocenters. The Kier molecular flexibility index (Phi) is 6.87. The first kappa shape index (κ1) is 23.1. The van der Waals surface area contributed by atoms with Crippen LogP contribution in [0.25, 0.3) is 22.5 Å². The van der Waals surface area contributed by atoms with Gasteiger partial charge in [0.2, 0.25) is 0 Å². The summed E-state index contributed by atoms with van der Waals surface area (Å²) in [5.74, 6) is 0.470. The summed E-state index contributed by atoms with van der Waals surface area (Å²) in [6.07, 6.45) is 3.46. The molecule has 0 aliphatic heterocycles. The zero-order valence-corrected chi connectivity index (χ0v) is 19.6. The lowest BCUT2D eigenvalue weighted by Crippen LogP contribution is -2.09. The third-order valence-corrected chi connectivity index (χ3v) is 5.40. The molecule has 176 valence electrons. The number of pyridine rings is 2. The van der Waals surface area contributed by atoms with Crippen LogP contribution in [0.1, 0.15) is 10.4 Å². The number of esters is 1. The van der Waals surface area contributed by atoms with Crippen LogP contribution in [0, 0.1) is 0 Å². The Morgan fingerprint density at radius 2 is 1.17 bits per heavy atom. The maximum atomic E-state index is 12.7. The van der Waals surface area contributed by atoms with Crippen LogP contribution < -0.4 is 14.5 Å². The lowest BCUT2D eigenvalue weighted by Gasteiger charge is -2.10. The Balaban J connectivity index is 1.23. The van der Waals surface area contributed by atoms with Crippen molar-refractivity contribution in [2.24, 2.45) is 0 Å². The van der Waals surface area contributed by atoms with Gasteiger partial charge in [-0.1, -0.05) is 35.9 Å². The molecule has 36 heavy (non-hydrogen) atoms. The molecule has 0 amide bonds. The molecule has 0 radical (unpaired) electrons. The predicted molar refractivity (Wildman–Crippen MR) is 137 cm³/mol. The van der Waals surface area contributed by atoms with Crippen LogP contribution in [-0.4, -0.2) is 15.9 Å². The first-order valence-electron chi connectivity index (χ1n) is 11.0. The quantitative estimate of drug-likeness (QED) is 0.104. The Hall–Kier alpha value is -4.68. The van der Waals surface area contributed by atoms with Gasteiger partial charge in [0.15, 0.2) is 11.5 Å². The van der Waals surface area contributed by atoms with Crippen molar-refractivity contribution >= 4 is 17.6 Å². The van der Waals surface area contributed by atoms with Gasteiger partial charge < -0.3 is 4.74 Å². The zero-order valence-electron chi connectivity index (χ0n) is 18.9. The van der Waals surface area contributed by atoms with Crippen molar-refractivity contribution in [1.82, 2.24) is 9.97 Å². The molecule has 0 aliphatic rings. The fourth-order valence-corrected chi connectivity index (χ4v) is 3.65. The van der Waals surface area contributed by atoms with E-state index in [-0.39, 0.29) is 11.5 Å². The highest BCUT2D eigenvalue weighted by Crippen LogP contribution is 2.28. The Labute approximate surface area is 212 Å². The maximum Gasteiger partial charge on any atom is 0.343 e. The highest BCUT2D eigenvalue weighted by Gasteiger charge is 2.12. The van der Waals surface area contributed by atoms with Crippen LogP contribution >= 0.6 is 11.6 Å². The topological polar surface area (TPSA) is 70.5 Å². The molecule has 3 aromatic carbocycles. The molecule has 2 aromatic heterocycles. The number of rotatable bonds is 7. The van der Waals surface area contributed by atoms with Crippen molar-refractivity contribution in [3.8, 4) is 39.8 Å². The molecule has 2 heterocycles. The first-order valence-corrected chi connectivity index (χ1v) is 11.4. The monoisotopic (exact) mass is 494 g/mol. The van der Waals surface area contributed by atoms with E-state index in [1.807, 2.05) is 60.7 Å². The van der Waals surface area contributed by atoms with Crippen molar-refractivity contribution in [3.05, 3.63) is 126 Å². The number of hydrogen-bond acceptors (Lipinski definition) is 6. The van der Waals surface area contributed by atoms with Crippen LogP contribution in [0.4, 0.5) is 0 Å². The van der Waals surface area contributed by atoms with Crippen molar-refractivity contribution in [2.75, 3.05) is 0 Å². The summed E-state index contributed by atoms with van der Waals surface area (Å²) in [5, 5.41) is 0.329. The van der Waals surface area contributed by atoms with E-state index in [1.165, 1.54) is 12.1 Å². The van der Waals surface area contributed by atoms with Gasteiger partial charge in [-0.05, 0) is 66.7 Å². The highest BCUT2D eigenvalue weighted by molar-refractivity contribution is 6.30. The van der Waals surface area contributed by atoms with Gasteiger partial charge in [-0.3, -0.25) is 19.7 Å². The molecule has 0 fully saturated rings. The molecule has 0 aliphatic carbocycles. The second-order valence-corrected chi connectivity index (χ2v) is 8.15. The minimum Gasteiger partial charge on any atom is -0.423 e. The Morgan fingerprint density at radius 1 is 0.611 bits per heavy atom. The summed E-state index contributed by atoms with van der Waals surface area (Å²) in [5.41, 5.74) is 3.92. The summed E-state index contributed by atoms with van der Waals surface area (Å²) < 4.78 is 5.50. The minimum atomic E-state index is -0.526. The van der Waals surface area contributed by atoms with E-state index in [0.29, 0.717) is 16.3 Å². The number of ether oxygens (including phenoxy) is 1. The second kappa shape index (κ2) is 10.7. The Morgan fingerprint density at radius 3 is 1.75 bits per heavy atom. The van der Waals surface area contributed by atoms with E-state index in [1.54, 1.807) is 42.7 Å². The normalized spacial score (nSPS) is 10.5. The number of carbonyl (C=O) groups is 1. The summed E-state index contributed by atoms with van der Waals surface area (Å²) in [7, 11) is 0. The molecular weight excluding hydrogens is 476 g/mol. The van der Waals surface area contributed by atoms with E-state index >= 15 is 0 Å². The molecule has 0 N–H and O–H groups in total. The fraction of sp³-hybridized carbons (Fsp3) is 0. The summed E-state index contributed by atoms with van der Waals surface area (Å²) in [4.78, 5) is 32.1. The average molecular weight is 495 g/mol. The molecule has 0 saturated carbocycles. The van der Waals surface area contributed by atoms with Crippen molar-refractivity contribution in [3.63, 3.8) is 0 Å². The standard InChI is InChI=1S/C29H19ClN2O4/c30-23-17-25(34-29(33)22-9-7-20(8-10-22)27-5-1-3-15-31-27)19-26(18-23)36-35-24-13-11-21(12-14-24)28-6-2-4-16-32-28/h1-19H. The fourth-order valence-electron chi connectivity index (χ4n) is 3.43. The molecule has 0 saturated heterocycles. The van der Waals surface area contributed by atoms with Gasteiger partial charge in [0.1, 0.15) is 5.75 Å². The SMILES string of the molecule is O=C(Oc1cc(Cl)cc(OOc2ccc(-c3ccccn3)cc2)c1)c1ccc(-c2ccccn2)cc1. The van der Waals surface area contributed by atoms with Gasteiger partial charge in [0.25, 0.3) is 0 Å². The van der Waals surface area contributed by atoms with Gasteiger partial charge in [-0.2, -0.15) is 0 Å². The average Bonchev–Trinajstić information content (AvgIpc) is 2.93. The predicted octanol–water partition coefficient (Wildman–Crippen LogP) is 7.06. The van der Waals surface area contributed by atoms with Gasteiger partial charge >= 0.3 is 5.97 Å². The molecule has 5 rings (SSSR count). The summed E-state index contributed by atoms with van der Waals surface area (Å²) in [6, 6.07) is 30.3. The van der Waals surface area contributed by atoms with Crippen LogP contribution in [0.3, 0.4) is 0 Å². The molecule has 0 unspecified atom stereocenters. The second-order valence-electron chi connectivity index (χ2n) is 7.71. The molecule has 7 heteroatoms. The largest absolute Gasteiger partial charge is 0.423 e. The van der Waals surface area contributed by atoms with Crippen LogP contribution in [0.15, 0.2) is 116 Å². The summed E-state index contributed by atoms with van der Waals surface area (Å²) in [6.45, 7) is 0. The lowest BCUT2D eigenvalue weighted by molar-refractivity contribution is -0.1000. The molecule has 5 aromatic rings. The van der Waals surface area contributed by atoms with Crippen molar-refractivity contribution in [1.29, 1.82) is 0 Å². The van der Waals surface area contributed by atoms with Crippen molar-refractivity contribution in [2.45, 2.75) is 0 Å². The van der Waals surface area contributed by atoms with E-state index in [9.17, 15) is 4.79 Å². The van der Waals surface area contributed by atoms with Gasteiger partial charge in [0.05, 0.1) is 17.0 Å². The zero-order chi connectivity index (χ0) is 24.7. The van der Waals surface area contributed by atoms with Crippen molar-refractivity contribution < 1.29 is 19.3 Å². The summed E-state index contributed by atoms with van der Waals surface area (Å²) >= 11 is 6.20. The number of nitrogens with zero attached hydrogens (tertiary/aromatic N) is 2. The number of carbonyl (C=O) groups excluding carboxylic acids is 1. The van der Waals surface area contributed by atoms with Crippen LogP contribution in [0.2, 0.25) is 5.02 Å². The Bertz CT molecular complexity index is 1460. The number of benzene rings is 3.